The van der Waals surface area contributed by atoms with Crippen molar-refractivity contribution in [1.29, 1.82) is 0 Å². The molecule has 0 bridgehead atoms. The molecule has 1 heterocycles. The van der Waals surface area contributed by atoms with Crippen LogP contribution < -0.4 is 11.1 Å². The zero-order valence-electron chi connectivity index (χ0n) is 10.5. The van der Waals surface area contributed by atoms with Crippen LogP contribution in [0.2, 0.25) is 0 Å². The van der Waals surface area contributed by atoms with Crippen LogP contribution in [-0.2, 0) is 0 Å². The van der Waals surface area contributed by atoms with Crippen molar-refractivity contribution in [2.75, 3.05) is 17.7 Å². The van der Waals surface area contributed by atoms with Crippen molar-refractivity contribution < 1.29 is 5.11 Å². The van der Waals surface area contributed by atoms with Crippen LogP contribution >= 0.6 is 0 Å². The summed E-state index contributed by atoms with van der Waals surface area (Å²) in [5.74, 6) is 2.62. The van der Waals surface area contributed by atoms with Gasteiger partial charge < -0.3 is 16.2 Å². The molecule has 2 aliphatic rings. The molecule has 0 saturated heterocycles. The standard InChI is InChI=1S/C13H20N4O/c14-10-7-11(16-12(15-10)9-3-4-9)17-13(8-18)5-1-2-6-13/h7,9,18H,1-6,8H2,(H3,14,15,16,17). The SMILES string of the molecule is Nc1cc(NC2(CO)CCCC2)nc(C2CC2)n1. The number of aliphatic hydroxyl groups is 1. The molecule has 0 atom stereocenters. The van der Waals surface area contributed by atoms with Crippen molar-refractivity contribution in [3.05, 3.63) is 11.9 Å². The van der Waals surface area contributed by atoms with E-state index in [2.05, 4.69) is 15.3 Å². The maximum atomic E-state index is 9.60. The number of nitrogen functional groups attached to an aromatic ring is 1. The minimum atomic E-state index is -0.207. The van der Waals surface area contributed by atoms with Crippen LogP contribution in [0.15, 0.2) is 6.07 Å². The lowest BCUT2D eigenvalue weighted by Crippen LogP contribution is -2.39. The van der Waals surface area contributed by atoms with E-state index in [1.165, 1.54) is 0 Å². The molecule has 18 heavy (non-hydrogen) atoms. The van der Waals surface area contributed by atoms with Gasteiger partial charge in [0.2, 0.25) is 0 Å². The molecule has 1 aromatic heterocycles. The molecule has 0 aromatic carbocycles. The molecule has 5 heteroatoms. The highest BCUT2D eigenvalue weighted by molar-refractivity contribution is 5.47. The number of anilines is 2. The Kier molecular flexibility index (Phi) is 2.86. The second-order valence-electron chi connectivity index (χ2n) is 5.58. The van der Waals surface area contributed by atoms with Crippen LogP contribution in [0.25, 0.3) is 0 Å². The highest BCUT2D eigenvalue weighted by Crippen LogP contribution is 2.39. The summed E-state index contributed by atoms with van der Waals surface area (Å²) >= 11 is 0. The molecular formula is C13H20N4O. The molecule has 0 unspecified atom stereocenters. The molecule has 5 nitrogen and oxygen atoms in total. The van der Waals surface area contributed by atoms with Gasteiger partial charge in [0.15, 0.2) is 0 Å². The fraction of sp³-hybridized carbons (Fsp3) is 0.692. The van der Waals surface area contributed by atoms with E-state index < -0.39 is 0 Å². The number of aliphatic hydroxyl groups excluding tert-OH is 1. The fourth-order valence-electron chi connectivity index (χ4n) is 2.72. The first-order valence-electron chi connectivity index (χ1n) is 6.74. The van der Waals surface area contributed by atoms with Crippen LogP contribution in [0.1, 0.15) is 50.3 Å². The zero-order valence-corrected chi connectivity index (χ0v) is 10.5. The van der Waals surface area contributed by atoms with Crippen molar-refractivity contribution in [2.45, 2.75) is 50.0 Å². The second kappa shape index (κ2) is 4.39. The zero-order chi connectivity index (χ0) is 12.6. The molecule has 1 aromatic rings. The summed E-state index contributed by atoms with van der Waals surface area (Å²) in [5.41, 5.74) is 5.62. The molecule has 0 aliphatic heterocycles. The van der Waals surface area contributed by atoms with E-state index in [1.807, 2.05) is 0 Å². The topological polar surface area (TPSA) is 84.1 Å². The lowest BCUT2D eigenvalue weighted by molar-refractivity contribution is 0.214. The molecule has 0 amide bonds. The maximum Gasteiger partial charge on any atom is 0.136 e. The van der Waals surface area contributed by atoms with Gasteiger partial charge >= 0.3 is 0 Å². The lowest BCUT2D eigenvalue weighted by atomic mass is 9.99. The first kappa shape index (κ1) is 11.7. The molecule has 3 rings (SSSR count). The van der Waals surface area contributed by atoms with Gasteiger partial charge in [0.05, 0.1) is 12.1 Å². The van der Waals surface area contributed by atoms with E-state index in [1.54, 1.807) is 6.07 Å². The predicted octanol–water partition coefficient (Wildman–Crippen LogP) is 1.65. The first-order valence-corrected chi connectivity index (χ1v) is 6.74. The number of rotatable bonds is 4. The molecule has 0 spiro atoms. The Hall–Kier alpha value is -1.36. The molecule has 2 fully saturated rings. The van der Waals surface area contributed by atoms with Gasteiger partial charge in [-0.1, -0.05) is 12.8 Å². The fourth-order valence-corrected chi connectivity index (χ4v) is 2.72. The summed E-state index contributed by atoms with van der Waals surface area (Å²) < 4.78 is 0. The minimum Gasteiger partial charge on any atom is -0.394 e. The minimum absolute atomic E-state index is 0.148. The Morgan fingerprint density at radius 1 is 1.33 bits per heavy atom. The number of nitrogens with zero attached hydrogens (tertiary/aromatic N) is 2. The number of hydrogen-bond acceptors (Lipinski definition) is 5. The van der Waals surface area contributed by atoms with Crippen molar-refractivity contribution in [1.82, 2.24) is 9.97 Å². The van der Waals surface area contributed by atoms with Gasteiger partial charge in [-0.25, -0.2) is 9.97 Å². The van der Waals surface area contributed by atoms with E-state index in [4.69, 9.17) is 5.73 Å². The Labute approximate surface area is 107 Å². The third-order valence-electron chi connectivity index (χ3n) is 3.96. The third kappa shape index (κ3) is 2.27. The van der Waals surface area contributed by atoms with Crippen LogP contribution in [0.4, 0.5) is 11.6 Å². The first-order chi connectivity index (χ1) is 8.71. The molecule has 0 radical (unpaired) electrons. The van der Waals surface area contributed by atoms with Gasteiger partial charge in [0.25, 0.3) is 0 Å². The average molecular weight is 248 g/mol. The maximum absolute atomic E-state index is 9.60. The molecule has 4 N–H and O–H groups in total. The van der Waals surface area contributed by atoms with Gasteiger partial charge in [-0.2, -0.15) is 0 Å². The Morgan fingerprint density at radius 2 is 2.06 bits per heavy atom. The van der Waals surface area contributed by atoms with E-state index in [0.717, 1.165) is 50.2 Å². The van der Waals surface area contributed by atoms with E-state index in [9.17, 15) is 5.11 Å². The van der Waals surface area contributed by atoms with Crippen LogP contribution in [0.5, 0.6) is 0 Å². The van der Waals surface area contributed by atoms with Gasteiger partial charge in [0, 0.05) is 12.0 Å². The van der Waals surface area contributed by atoms with Crippen molar-refractivity contribution in [3.8, 4) is 0 Å². The smallest absolute Gasteiger partial charge is 0.136 e. The van der Waals surface area contributed by atoms with E-state index >= 15 is 0 Å². The monoisotopic (exact) mass is 248 g/mol. The van der Waals surface area contributed by atoms with Crippen molar-refractivity contribution in [3.63, 3.8) is 0 Å². The number of hydrogen-bond donors (Lipinski definition) is 3. The van der Waals surface area contributed by atoms with E-state index in [-0.39, 0.29) is 12.1 Å². The average Bonchev–Trinajstić information content (AvgIpc) is 3.10. The summed E-state index contributed by atoms with van der Waals surface area (Å²) in [6, 6.07) is 1.77. The Morgan fingerprint density at radius 3 is 2.67 bits per heavy atom. The molecule has 2 aliphatic carbocycles. The van der Waals surface area contributed by atoms with Gasteiger partial charge in [0.1, 0.15) is 17.5 Å². The summed E-state index contributed by atoms with van der Waals surface area (Å²) in [6.45, 7) is 0.148. The highest BCUT2D eigenvalue weighted by Gasteiger charge is 2.34. The van der Waals surface area contributed by atoms with Gasteiger partial charge in [-0.05, 0) is 25.7 Å². The van der Waals surface area contributed by atoms with Gasteiger partial charge in [-0.3, -0.25) is 0 Å². The molecular weight excluding hydrogens is 228 g/mol. The molecule has 98 valence electrons. The Bertz CT molecular complexity index is 439. The van der Waals surface area contributed by atoms with Gasteiger partial charge in [-0.15, -0.1) is 0 Å². The van der Waals surface area contributed by atoms with Crippen LogP contribution in [-0.4, -0.2) is 27.2 Å². The number of nitrogens with one attached hydrogen (secondary N) is 1. The highest BCUT2D eigenvalue weighted by atomic mass is 16.3. The summed E-state index contributed by atoms with van der Waals surface area (Å²) in [7, 11) is 0. The van der Waals surface area contributed by atoms with Crippen molar-refractivity contribution >= 4 is 11.6 Å². The summed E-state index contributed by atoms with van der Waals surface area (Å²) in [5, 5.41) is 13.0. The van der Waals surface area contributed by atoms with Crippen LogP contribution in [0, 0.1) is 0 Å². The molecule has 2 saturated carbocycles. The normalized spacial score (nSPS) is 22.1. The number of aromatic nitrogens is 2. The van der Waals surface area contributed by atoms with Crippen molar-refractivity contribution in [2.24, 2.45) is 0 Å². The predicted molar refractivity (Wildman–Crippen MR) is 70.3 cm³/mol. The lowest BCUT2D eigenvalue weighted by Gasteiger charge is -2.28. The number of nitrogens with two attached hydrogens (primary N) is 1. The Balaban J connectivity index is 1.82. The van der Waals surface area contributed by atoms with Crippen LogP contribution in [0.3, 0.4) is 0 Å². The largest absolute Gasteiger partial charge is 0.394 e. The third-order valence-corrected chi connectivity index (χ3v) is 3.96. The van der Waals surface area contributed by atoms with E-state index in [0.29, 0.717) is 11.7 Å². The second-order valence-corrected chi connectivity index (χ2v) is 5.58. The quantitative estimate of drug-likeness (QED) is 0.754. The summed E-state index contributed by atoms with van der Waals surface area (Å²) in [6.07, 6.45) is 6.62. The summed E-state index contributed by atoms with van der Waals surface area (Å²) in [4.78, 5) is 8.82.